The summed E-state index contributed by atoms with van der Waals surface area (Å²) < 4.78 is 33.0. The third kappa shape index (κ3) is 42.4. The summed E-state index contributed by atoms with van der Waals surface area (Å²) >= 11 is 0. The molecule has 9 heteroatoms. The minimum Gasteiger partial charge on any atom is -0.498 e. The molecular formula is C47H80NO7P. The lowest BCUT2D eigenvalue weighted by atomic mass is 10.0. The molecule has 2 unspecified atom stereocenters. The van der Waals surface area contributed by atoms with Crippen molar-refractivity contribution in [2.24, 2.45) is 5.73 Å². The molecule has 8 nitrogen and oxygen atoms in total. The van der Waals surface area contributed by atoms with Gasteiger partial charge in [-0.1, -0.05) is 176 Å². The largest absolute Gasteiger partial charge is 0.498 e. The Hall–Kier alpha value is -2.74. The Morgan fingerprint density at radius 3 is 1.52 bits per heavy atom. The second kappa shape index (κ2) is 43.4. The van der Waals surface area contributed by atoms with E-state index in [1.54, 1.807) is 6.26 Å². The highest BCUT2D eigenvalue weighted by Crippen LogP contribution is 2.43. The Morgan fingerprint density at radius 1 is 0.571 bits per heavy atom. The van der Waals surface area contributed by atoms with Crippen LogP contribution < -0.4 is 5.73 Å². The Balaban J connectivity index is 4.27. The molecule has 0 amide bonds. The van der Waals surface area contributed by atoms with E-state index in [1.807, 2.05) is 18.2 Å². The average Bonchev–Trinajstić information content (AvgIpc) is 3.19. The van der Waals surface area contributed by atoms with Crippen LogP contribution in [0, 0.1) is 0 Å². The molecule has 56 heavy (non-hydrogen) atoms. The second-order valence-electron chi connectivity index (χ2n) is 13.9. The van der Waals surface area contributed by atoms with Crippen molar-refractivity contribution in [1.29, 1.82) is 0 Å². The maximum atomic E-state index is 12.5. The van der Waals surface area contributed by atoms with E-state index in [1.165, 1.54) is 83.5 Å². The number of hydrogen-bond donors (Lipinski definition) is 2. The smallest absolute Gasteiger partial charge is 0.472 e. The summed E-state index contributed by atoms with van der Waals surface area (Å²) in [6, 6.07) is 0. The molecule has 0 radical (unpaired) electrons. The van der Waals surface area contributed by atoms with Gasteiger partial charge in [0.05, 0.1) is 19.5 Å². The van der Waals surface area contributed by atoms with Crippen molar-refractivity contribution < 1.29 is 32.8 Å². The quantitative estimate of drug-likeness (QED) is 0.0207. The van der Waals surface area contributed by atoms with Crippen molar-refractivity contribution in [3.8, 4) is 0 Å². The Kier molecular flexibility index (Phi) is 41.3. The number of phosphoric acid groups is 1. The van der Waals surface area contributed by atoms with E-state index in [0.717, 1.165) is 51.4 Å². The molecule has 0 aliphatic carbocycles. The molecule has 0 aromatic heterocycles. The molecule has 0 aromatic carbocycles. The van der Waals surface area contributed by atoms with Crippen LogP contribution in [0.3, 0.4) is 0 Å². The molecule has 0 rings (SSSR count). The summed E-state index contributed by atoms with van der Waals surface area (Å²) in [6.07, 6.45) is 58.3. The van der Waals surface area contributed by atoms with Crippen molar-refractivity contribution in [2.45, 2.75) is 168 Å². The van der Waals surface area contributed by atoms with E-state index in [0.29, 0.717) is 6.42 Å². The van der Waals surface area contributed by atoms with Crippen LogP contribution in [0.2, 0.25) is 0 Å². The van der Waals surface area contributed by atoms with Gasteiger partial charge in [0, 0.05) is 13.0 Å². The number of hydrogen-bond acceptors (Lipinski definition) is 7. The zero-order valence-electron chi connectivity index (χ0n) is 35.3. The van der Waals surface area contributed by atoms with Crippen molar-refractivity contribution in [3.05, 3.63) is 97.4 Å². The van der Waals surface area contributed by atoms with Crippen LogP contribution in [0.25, 0.3) is 0 Å². The van der Waals surface area contributed by atoms with Gasteiger partial charge in [-0.15, -0.1) is 0 Å². The Bertz CT molecular complexity index is 1170. The first-order valence-electron chi connectivity index (χ1n) is 21.8. The number of ether oxygens (including phenoxy) is 2. The fourth-order valence-electron chi connectivity index (χ4n) is 5.44. The SMILES string of the molecule is CC/C=C\C/C=C\C/C=C\C/C=C\C/C=C\C/C=C\CCC(=O)OC(CO/C=C/C/C=C\CCCCCCCCCCCCCCC)COP(=O)(O)OCCN. The number of rotatable bonds is 40. The van der Waals surface area contributed by atoms with Gasteiger partial charge in [-0.05, 0) is 70.3 Å². The van der Waals surface area contributed by atoms with Gasteiger partial charge in [0.25, 0.3) is 0 Å². The molecule has 0 bridgehead atoms. The van der Waals surface area contributed by atoms with Gasteiger partial charge in [-0.3, -0.25) is 13.8 Å². The Morgan fingerprint density at radius 2 is 1.02 bits per heavy atom. The molecule has 0 saturated carbocycles. The van der Waals surface area contributed by atoms with Crippen molar-refractivity contribution in [3.63, 3.8) is 0 Å². The van der Waals surface area contributed by atoms with Gasteiger partial charge in [0.2, 0.25) is 0 Å². The molecule has 0 aromatic rings. The maximum Gasteiger partial charge on any atom is 0.472 e. The first kappa shape index (κ1) is 53.3. The van der Waals surface area contributed by atoms with Crippen LogP contribution in [0.1, 0.15) is 162 Å². The second-order valence-corrected chi connectivity index (χ2v) is 15.3. The molecule has 0 aliphatic heterocycles. The van der Waals surface area contributed by atoms with E-state index >= 15 is 0 Å². The van der Waals surface area contributed by atoms with Crippen molar-refractivity contribution >= 4 is 13.8 Å². The predicted molar refractivity (Wildman–Crippen MR) is 237 cm³/mol. The fraction of sp³-hybridized carbons (Fsp3) is 0.638. The molecule has 2 atom stereocenters. The first-order chi connectivity index (χ1) is 27.4. The first-order valence-corrected chi connectivity index (χ1v) is 23.3. The lowest BCUT2D eigenvalue weighted by molar-refractivity contribution is -0.153. The van der Waals surface area contributed by atoms with Gasteiger partial charge in [0.15, 0.2) is 6.10 Å². The van der Waals surface area contributed by atoms with Gasteiger partial charge < -0.3 is 20.1 Å². The Labute approximate surface area is 342 Å². The molecule has 320 valence electrons. The van der Waals surface area contributed by atoms with Gasteiger partial charge >= 0.3 is 13.8 Å². The fourth-order valence-corrected chi connectivity index (χ4v) is 6.21. The minimum absolute atomic E-state index is 0.0261. The molecule has 0 saturated heterocycles. The van der Waals surface area contributed by atoms with Crippen molar-refractivity contribution in [1.82, 2.24) is 0 Å². The number of nitrogens with two attached hydrogens (primary N) is 1. The number of esters is 1. The molecule has 0 aliphatic rings. The molecule has 0 fully saturated rings. The summed E-state index contributed by atoms with van der Waals surface area (Å²) in [6.45, 7) is 3.98. The summed E-state index contributed by atoms with van der Waals surface area (Å²) in [5, 5.41) is 0. The number of allylic oxidation sites excluding steroid dienone is 15. The van der Waals surface area contributed by atoms with E-state index in [4.69, 9.17) is 24.3 Å². The van der Waals surface area contributed by atoms with Gasteiger partial charge in [-0.25, -0.2) is 4.57 Å². The van der Waals surface area contributed by atoms with Crippen LogP contribution in [0.5, 0.6) is 0 Å². The maximum absolute atomic E-state index is 12.5. The van der Waals surface area contributed by atoms with E-state index in [2.05, 4.69) is 86.8 Å². The lowest BCUT2D eigenvalue weighted by Crippen LogP contribution is -2.27. The monoisotopic (exact) mass is 802 g/mol. The number of carbonyl (C=O) groups excluding carboxylic acids is 1. The number of unbranched alkanes of at least 4 members (excludes halogenated alkanes) is 13. The van der Waals surface area contributed by atoms with E-state index in [-0.39, 0.29) is 32.8 Å². The zero-order chi connectivity index (χ0) is 40.9. The average molecular weight is 802 g/mol. The zero-order valence-corrected chi connectivity index (χ0v) is 36.2. The van der Waals surface area contributed by atoms with Crippen LogP contribution in [0.15, 0.2) is 97.4 Å². The highest BCUT2D eigenvalue weighted by Gasteiger charge is 2.25. The predicted octanol–water partition coefficient (Wildman–Crippen LogP) is 13.4. The van der Waals surface area contributed by atoms with Crippen molar-refractivity contribution in [2.75, 3.05) is 26.4 Å². The third-order valence-electron chi connectivity index (χ3n) is 8.59. The summed E-state index contributed by atoms with van der Waals surface area (Å²) in [5.74, 6) is -0.447. The molecule has 3 N–H and O–H groups in total. The summed E-state index contributed by atoms with van der Waals surface area (Å²) in [5.41, 5.74) is 5.35. The number of phosphoric ester groups is 1. The van der Waals surface area contributed by atoms with E-state index < -0.39 is 19.9 Å². The minimum atomic E-state index is -4.33. The highest BCUT2D eigenvalue weighted by molar-refractivity contribution is 7.47. The third-order valence-corrected chi connectivity index (χ3v) is 9.58. The molecule has 0 spiro atoms. The van der Waals surface area contributed by atoms with Crippen LogP contribution in [0.4, 0.5) is 0 Å². The molecule has 0 heterocycles. The topological polar surface area (TPSA) is 117 Å². The number of carbonyl (C=O) groups is 1. The molecular weight excluding hydrogens is 721 g/mol. The summed E-state index contributed by atoms with van der Waals surface area (Å²) in [7, 11) is -4.33. The van der Waals surface area contributed by atoms with Crippen LogP contribution in [-0.4, -0.2) is 43.3 Å². The highest BCUT2D eigenvalue weighted by atomic mass is 31.2. The van der Waals surface area contributed by atoms with Crippen LogP contribution >= 0.6 is 7.82 Å². The van der Waals surface area contributed by atoms with Gasteiger partial charge in [-0.2, -0.15) is 0 Å². The normalized spacial score (nSPS) is 14.4. The van der Waals surface area contributed by atoms with E-state index in [9.17, 15) is 14.3 Å². The van der Waals surface area contributed by atoms with Gasteiger partial charge in [0.1, 0.15) is 6.61 Å². The standard InChI is InChI=1S/C47H80NO7P/c1-3-5-7-9-11-13-15-17-19-21-23-24-26-28-30-32-34-36-38-40-47(49)55-46(45-54-56(50,51)53-43-41-48)44-52-42-39-37-35-33-31-29-27-25-22-20-18-16-14-12-10-8-6-4-2/h5,7,11,13,17,19,23-24,28,30,33-36,39,42,46H,3-4,6,8-10,12,14-16,18,20-22,25-27,29,31-32,37-38,40-41,43-45,48H2,1-2H3,(H,50,51)/b7-5-,13-11-,19-17-,24-23-,30-28-,35-33-,36-34-,42-39+. The lowest BCUT2D eigenvalue weighted by Gasteiger charge is -2.19. The van der Waals surface area contributed by atoms with Crippen LogP contribution in [-0.2, 0) is 27.9 Å². The summed E-state index contributed by atoms with van der Waals surface area (Å²) in [4.78, 5) is 22.4.